The maximum absolute atomic E-state index is 11.8. The van der Waals surface area contributed by atoms with E-state index in [2.05, 4.69) is 37.2 Å². The number of carbonyl (C=O) groups is 1. The first-order chi connectivity index (χ1) is 8.04. The summed E-state index contributed by atoms with van der Waals surface area (Å²) in [6, 6.07) is 4.72. The van der Waals surface area contributed by atoms with Crippen molar-refractivity contribution < 1.29 is 14.6 Å². The van der Waals surface area contributed by atoms with E-state index in [9.17, 15) is 9.90 Å². The number of rotatable bonds is 5. The number of halogens is 2. The lowest BCUT2D eigenvalue weighted by Crippen LogP contribution is -2.31. The Balaban J connectivity index is 2.61. The van der Waals surface area contributed by atoms with Crippen LogP contribution in [0, 0.1) is 0 Å². The Bertz CT molecular complexity index is 398. The lowest BCUT2D eigenvalue weighted by Gasteiger charge is -2.11. The van der Waals surface area contributed by atoms with Crippen LogP contribution in [0.5, 0.6) is 5.75 Å². The number of nitrogens with one attached hydrogen (secondary N) is 1. The molecule has 1 atom stereocenters. The number of phenols is 1. The highest BCUT2D eigenvalue weighted by Gasteiger charge is 2.12. The van der Waals surface area contributed by atoms with Crippen molar-refractivity contribution in [2.75, 3.05) is 20.3 Å². The SMILES string of the molecule is COCC(Br)CNC(=O)c1cc(Br)ccc1O. The highest BCUT2D eigenvalue weighted by atomic mass is 79.9. The molecule has 0 heterocycles. The quantitative estimate of drug-likeness (QED) is 0.786. The maximum Gasteiger partial charge on any atom is 0.255 e. The Labute approximate surface area is 117 Å². The Morgan fingerprint density at radius 1 is 1.59 bits per heavy atom. The van der Waals surface area contributed by atoms with Crippen LogP contribution in [-0.2, 0) is 4.74 Å². The molecule has 0 radical (unpaired) electrons. The van der Waals surface area contributed by atoms with Crippen molar-refractivity contribution in [2.45, 2.75) is 4.83 Å². The van der Waals surface area contributed by atoms with Crippen LogP contribution in [0.25, 0.3) is 0 Å². The monoisotopic (exact) mass is 365 g/mol. The molecular weight excluding hydrogens is 354 g/mol. The summed E-state index contributed by atoms with van der Waals surface area (Å²) in [4.78, 5) is 11.8. The normalized spacial score (nSPS) is 12.2. The second-order valence-electron chi connectivity index (χ2n) is 3.42. The van der Waals surface area contributed by atoms with Crippen molar-refractivity contribution >= 4 is 37.8 Å². The molecule has 1 rings (SSSR count). The van der Waals surface area contributed by atoms with Crippen LogP contribution in [0.3, 0.4) is 0 Å². The van der Waals surface area contributed by atoms with E-state index in [4.69, 9.17) is 4.74 Å². The first-order valence-corrected chi connectivity index (χ1v) is 6.65. The molecule has 1 amide bonds. The van der Waals surface area contributed by atoms with Gasteiger partial charge in [-0.3, -0.25) is 4.79 Å². The van der Waals surface area contributed by atoms with E-state index in [0.29, 0.717) is 13.2 Å². The van der Waals surface area contributed by atoms with Crippen LogP contribution in [0.1, 0.15) is 10.4 Å². The molecule has 1 aromatic rings. The number of benzene rings is 1. The second-order valence-corrected chi connectivity index (χ2v) is 5.63. The largest absolute Gasteiger partial charge is 0.507 e. The lowest BCUT2D eigenvalue weighted by molar-refractivity contribution is 0.0947. The van der Waals surface area contributed by atoms with Crippen LogP contribution in [0.2, 0.25) is 0 Å². The topological polar surface area (TPSA) is 58.6 Å². The van der Waals surface area contributed by atoms with E-state index in [-0.39, 0.29) is 22.0 Å². The van der Waals surface area contributed by atoms with Crippen LogP contribution in [-0.4, -0.2) is 36.1 Å². The third-order valence-electron chi connectivity index (χ3n) is 2.03. The summed E-state index contributed by atoms with van der Waals surface area (Å²) in [5.41, 5.74) is 0.247. The molecule has 0 saturated heterocycles. The first-order valence-electron chi connectivity index (χ1n) is 4.94. The standard InChI is InChI=1S/C11H13Br2NO3/c1-17-6-8(13)5-14-11(16)9-4-7(12)2-3-10(9)15/h2-4,8,15H,5-6H2,1H3,(H,14,16). The molecule has 0 spiro atoms. The van der Waals surface area contributed by atoms with E-state index < -0.39 is 0 Å². The molecule has 1 unspecified atom stereocenters. The van der Waals surface area contributed by atoms with Crippen molar-refractivity contribution in [3.63, 3.8) is 0 Å². The number of phenolic OH excluding ortho intramolecular Hbond substituents is 1. The molecule has 0 aliphatic heterocycles. The van der Waals surface area contributed by atoms with Gasteiger partial charge in [-0.05, 0) is 18.2 Å². The first kappa shape index (κ1) is 14.5. The zero-order valence-electron chi connectivity index (χ0n) is 9.24. The number of aromatic hydroxyl groups is 1. The van der Waals surface area contributed by atoms with Crippen molar-refractivity contribution in [3.05, 3.63) is 28.2 Å². The van der Waals surface area contributed by atoms with E-state index in [1.54, 1.807) is 19.2 Å². The summed E-state index contributed by atoms with van der Waals surface area (Å²) in [6.45, 7) is 0.934. The average molecular weight is 367 g/mol. The van der Waals surface area contributed by atoms with Gasteiger partial charge in [-0.25, -0.2) is 0 Å². The predicted molar refractivity (Wildman–Crippen MR) is 72.7 cm³/mol. The van der Waals surface area contributed by atoms with Gasteiger partial charge in [0.2, 0.25) is 0 Å². The van der Waals surface area contributed by atoms with Gasteiger partial charge in [0.05, 0.1) is 17.0 Å². The van der Waals surface area contributed by atoms with Crippen LogP contribution < -0.4 is 5.32 Å². The Hall–Kier alpha value is -0.590. The van der Waals surface area contributed by atoms with Crippen molar-refractivity contribution in [1.82, 2.24) is 5.32 Å². The zero-order valence-corrected chi connectivity index (χ0v) is 12.4. The van der Waals surface area contributed by atoms with E-state index in [0.717, 1.165) is 4.47 Å². The van der Waals surface area contributed by atoms with Gasteiger partial charge in [0.25, 0.3) is 5.91 Å². The summed E-state index contributed by atoms with van der Waals surface area (Å²) in [7, 11) is 1.59. The number of carbonyl (C=O) groups excluding carboxylic acids is 1. The molecule has 0 bridgehead atoms. The maximum atomic E-state index is 11.8. The van der Waals surface area contributed by atoms with Crippen LogP contribution in [0.4, 0.5) is 0 Å². The van der Waals surface area contributed by atoms with Gasteiger partial charge in [-0.1, -0.05) is 31.9 Å². The minimum Gasteiger partial charge on any atom is -0.507 e. The molecule has 2 N–H and O–H groups in total. The van der Waals surface area contributed by atoms with Gasteiger partial charge in [-0.15, -0.1) is 0 Å². The summed E-state index contributed by atoms with van der Waals surface area (Å²) < 4.78 is 5.67. The molecule has 1 aromatic carbocycles. The van der Waals surface area contributed by atoms with E-state index in [1.165, 1.54) is 6.07 Å². The van der Waals surface area contributed by atoms with Crippen LogP contribution in [0.15, 0.2) is 22.7 Å². The average Bonchev–Trinajstić information content (AvgIpc) is 2.29. The van der Waals surface area contributed by atoms with Gasteiger partial charge in [0.1, 0.15) is 5.75 Å². The summed E-state index contributed by atoms with van der Waals surface area (Å²) >= 11 is 6.61. The Morgan fingerprint density at radius 3 is 2.94 bits per heavy atom. The smallest absolute Gasteiger partial charge is 0.255 e. The molecule has 0 aromatic heterocycles. The Kier molecular flexibility index (Phi) is 5.94. The van der Waals surface area contributed by atoms with Gasteiger partial charge < -0.3 is 15.2 Å². The van der Waals surface area contributed by atoms with Crippen molar-refractivity contribution in [1.29, 1.82) is 0 Å². The molecule has 4 nitrogen and oxygen atoms in total. The third-order valence-corrected chi connectivity index (χ3v) is 3.12. The fourth-order valence-electron chi connectivity index (χ4n) is 1.23. The minimum atomic E-state index is -0.315. The number of methoxy groups -OCH3 is 1. The number of hydrogen-bond donors (Lipinski definition) is 2. The van der Waals surface area contributed by atoms with Gasteiger partial charge in [0.15, 0.2) is 0 Å². The highest BCUT2D eigenvalue weighted by molar-refractivity contribution is 9.10. The second kappa shape index (κ2) is 6.98. The Morgan fingerprint density at radius 2 is 2.29 bits per heavy atom. The zero-order chi connectivity index (χ0) is 12.8. The van der Waals surface area contributed by atoms with Gasteiger partial charge >= 0.3 is 0 Å². The summed E-state index contributed by atoms with van der Waals surface area (Å²) in [6.07, 6.45) is 0. The predicted octanol–water partition coefficient (Wildman–Crippen LogP) is 2.29. The summed E-state index contributed by atoms with van der Waals surface area (Å²) in [5, 5.41) is 12.3. The number of alkyl halides is 1. The van der Waals surface area contributed by atoms with Crippen molar-refractivity contribution in [3.8, 4) is 5.75 Å². The molecule has 0 saturated carbocycles. The molecular formula is C11H13Br2NO3. The molecule has 0 aliphatic rings. The molecule has 94 valence electrons. The molecule has 0 fully saturated rings. The molecule has 17 heavy (non-hydrogen) atoms. The van der Waals surface area contributed by atoms with E-state index >= 15 is 0 Å². The third kappa shape index (κ3) is 4.65. The fraction of sp³-hybridized carbons (Fsp3) is 0.364. The number of hydrogen-bond acceptors (Lipinski definition) is 3. The lowest BCUT2D eigenvalue weighted by atomic mass is 10.2. The molecule has 0 aliphatic carbocycles. The van der Waals surface area contributed by atoms with Gasteiger partial charge in [0, 0.05) is 18.1 Å². The minimum absolute atomic E-state index is 0.0384. The van der Waals surface area contributed by atoms with Gasteiger partial charge in [-0.2, -0.15) is 0 Å². The number of amides is 1. The highest BCUT2D eigenvalue weighted by Crippen LogP contribution is 2.21. The van der Waals surface area contributed by atoms with E-state index in [1.807, 2.05) is 0 Å². The summed E-state index contributed by atoms with van der Waals surface area (Å²) in [5.74, 6) is -0.354. The van der Waals surface area contributed by atoms with Crippen LogP contribution >= 0.6 is 31.9 Å². The van der Waals surface area contributed by atoms with Crippen molar-refractivity contribution in [2.24, 2.45) is 0 Å². The fourth-order valence-corrected chi connectivity index (χ4v) is 2.02. The number of ether oxygens (including phenoxy) is 1. The molecule has 6 heteroatoms.